The molecular formula is C12H16INO. The highest BCUT2D eigenvalue weighted by Gasteiger charge is 2.11. The minimum Gasteiger partial charge on any atom is -0.493 e. The fourth-order valence-electron chi connectivity index (χ4n) is 1.82. The van der Waals surface area contributed by atoms with Crippen LogP contribution in [0.2, 0.25) is 0 Å². The van der Waals surface area contributed by atoms with Gasteiger partial charge in [0.05, 0.1) is 6.61 Å². The fraction of sp³-hybridized carbons (Fsp3) is 0.500. The highest BCUT2D eigenvalue weighted by atomic mass is 127. The molecule has 0 saturated heterocycles. The number of fused-ring (bicyclic) bond motifs is 1. The normalized spacial score (nSPS) is 13.7. The van der Waals surface area contributed by atoms with Gasteiger partial charge in [0, 0.05) is 17.4 Å². The first-order valence-corrected chi connectivity index (χ1v) is 6.94. The largest absolute Gasteiger partial charge is 0.493 e. The lowest BCUT2D eigenvalue weighted by Crippen LogP contribution is -2.19. The summed E-state index contributed by atoms with van der Waals surface area (Å²) in [7, 11) is 0. The Morgan fingerprint density at radius 1 is 1.33 bits per heavy atom. The van der Waals surface area contributed by atoms with Crippen LogP contribution in [-0.4, -0.2) is 24.1 Å². The molecule has 0 amide bonds. The molecule has 1 aromatic rings. The molecule has 2 rings (SSSR count). The summed E-state index contributed by atoms with van der Waals surface area (Å²) < 4.78 is 6.66. The zero-order valence-electron chi connectivity index (χ0n) is 8.76. The summed E-state index contributed by atoms with van der Waals surface area (Å²) in [5.74, 6) is 1.08. The molecule has 0 aromatic heterocycles. The topological polar surface area (TPSA) is 21.3 Å². The van der Waals surface area contributed by atoms with Crippen molar-refractivity contribution in [2.75, 3.05) is 24.1 Å². The molecule has 0 bridgehead atoms. The number of hydrogen-bond donors (Lipinski definition) is 1. The predicted molar refractivity (Wildman–Crippen MR) is 71.1 cm³/mol. The second kappa shape index (κ2) is 5.70. The van der Waals surface area contributed by atoms with Crippen LogP contribution in [0.4, 0.5) is 0 Å². The monoisotopic (exact) mass is 317 g/mol. The lowest BCUT2D eigenvalue weighted by atomic mass is 10.1. The molecule has 1 aromatic carbocycles. The Bertz CT molecular complexity index is 327. The van der Waals surface area contributed by atoms with Gasteiger partial charge in [-0.2, -0.15) is 0 Å². The number of hydrogen-bond acceptors (Lipinski definition) is 2. The van der Waals surface area contributed by atoms with Crippen molar-refractivity contribution in [2.24, 2.45) is 0 Å². The first kappa shape index (κ1) is 11.2. The van der Waals surface area contributed by atoms with Gasteiger partial charge in [-0.3, -0.25) is 0 Å². The Morgan fingerprint density at radius 2 is 2.27 bits per heavy atom. The standard InChI is InChI=1S/C12H16INO/c13-5-7-14-6-3-10-1-2-12-11(9-10)4-8-15-12/h1-2,9,14H,3-8H2. The second-order valence-corrected chi connectivity index (χ2v) is 4.81. The first-order chi connectivity index (χ1) is 7.40. The molecule has 1 heterocycles. The SMILES string of the molecule is ICCNCCc1ccc2c(c1)CCO2. The molecule has 15 heavy (non-hydrogen) atoms. The molecular weight excluding hydrogens is 301 g/mol. The van der Waals surface area contributed by atoms with Gasteiger partial charge >= 0.3 is 0 Å². The minimum absolute atomic E-state index is 0.853. The van der Waals surface area contributed by atoms with Gasteiger partial charge in [0.25, 0.3) is 0 Å². The number of alkyl halides is 1. The van der Waals surface area contributed by atoms with Crippen LogP contribution in [0.5, 0.6) is 5.75 Å². The summed E-state index contributed by atoms with van der Waals surface area (Å²) >= 11 is 2.39. The van der Waals surface area contributed by atoms with E-state index < -0.39 is 0 Å². The Morgan fingerprint density at radius 3 is 3.13 bits per heavy atom. The van der Waals surface area contributed by atoms with Crippen molar-refractivity contribution >= 4 is 22.6 Å². The van der Waals surface area contributed by atoms with Gasteiger partial charge in [-0.15, -0.1) is 0 Å². The lowest BCUT2D eigenvalue weighted by Gasteiger charge is -2.05. The Hall–Kier alpha value is -0.290. The third kappa shape index (κ3) is 3.08. The second-order valence-electron chi connectivity index (χ2n) is 3.73. The lowest BCUT2D eigenvalue weighted by molar-refractivity contribution is 0.357. The maximum Gasteiger partial charge on any atom is 0.122 e. The van der Waals surface area contributed by atoms with E-state index in [-0.39, 0.29) is 0 Å². The van der Waals surface area contributed by atoms with Crippen molar-refractivity contribution in [1.82, 2.24) is 5.32 Å². The molecule has 0 atom stereocenters. The van der Waals surface area contributed by atoms with E-state index in [2.05, 4.69) is 46.1 Å². The van der Waals surface area contributed by atoms with Gasteiger partial charge in [-0.1, -0.05) is 34.7 Å². The molecule has 3 heteroatoms. The Balaban J connectivity index is 1.87. The average Bonchev–Trinajstić information content (AvgIpc) is 2.71. The smallest absolute Gasteiger partial charge is 0.122 e. The molecule has 0 unspecified atom stereocenters. The van der Waals surface area contributed by atoms with Gasteiger partial charge < -0.3 is 10.1 Å². The molecule has 1 aliphatic rings. The van der Waals surface area contributed by atoms with Gasteiger partial charge in [0.2, 0.25) is 0 Å². The summed E-state index contributed by atoms with van der Waals surface area (Å²) in [6.45, 7) is 3.03. The van der Waals surface area contributed by atoms with Crippen molar-refractivity contribution < 1.29 is 4.74 Å². The highest BCUT2D eigenvalue weighted by molar-refractivity contribution is 14.1. The maximum atomic E-state index is 5.48. The van der Waals surface area contributed by atoms with Gasteiger partial charge in [0.1, 0.15) is 5.75 Å². The number of ether oxygens (including phenoxy) is 1. The van der Waals surface area contributed by atoms with E-state index in [1.165, 1.54) is 15.6 Å². The first-order valence-electron chi connectivity index (χ1n) is 5.41. The predicted octanol–water partition coefficient (Wildman–Crippen LogP) is 2.19. The molecule has 82 valence electrons. The molecule has 0 spiro atoms. The van der Waals surface area contributed by atoms with E-state index in [1.54, 1.807) is 0 Å². The number of benzene rings is 1. The van der Waals surface area contributed by atoms with Gasteiger partial charge in [-0.05, 0) is 30.2 Å². The van der Waals surface area contributed by atoms with Crippen LogP contribution >= 0.6 is 22.6 Å². The van der Waals surface area contributed by atoms with E-state index in [9.17, 15) is 0 Å². The molecule has 1 N–H and O–H groups in total. The molecule has 0 saturated carbocycles. The summed E-state index contributed by atoms with van der Waals surface area (Å²) in [5.41, 5.74) is 2.79. The number of nitrogens with one attached hydrogen (secondary N) is 1. The third-order valence-electron chi connectivity index (χ3n) is 2.62. The Labute approximate surface area is 105 Å². The van der Waals surface area contributed by atoms with Crippen LogP contribution < -0.4 is 10.1 Å². The fourth-order valence-corrected chi connectivity index (χ4v) is 2.20. The summed E-state index contributed by atoms with van der Waals surface area (Å²) in [4.78, 5) is 0. The Kier molecular flexibility index (Phi) is 4.26. The minimum atomic E-state index is 0.853. The van der Waals surface area contributed by atoms with Crippen molar-refractivity contribution in [3.05, 3.63) is 29.3 Å². The highest BCUT2D eigenvalue weighted by Crippen LogP contribution is 2.25. The zero-order chi connectivity index (χ0) is 10.5. The van der Waals surface area contributed by atoms with Crippen LogP contribution in [0, 0.1) is 0 Å². The van der Waals surface area contributed by atoms with Gasteiger partial charge in [0.15, 0.2) is 0 Å². The van der Waals surface area contributed by atoms with Crippen LogP contribution in [0.25, 0.3) is 0 Å². The van der Waals surface area contributed by atoms with E-state index in [0.29, 0.717) is 0 Å². The van der Waals surface area contributed by atoms with E-state index in [1.807, 2.05) is 0 Å². The molecule has 0 fully saturated rings. The zero-order valence-corrected chi connectivity index (χ0v) is 10.9. The van der Waals surface area contributed by atoms with Crippen molar-refractivity contribution in [3.63, 3.8) is 0 Å². The van der Waals surface area contributed by atoms with E-state index in [4.69, 9.17) is 4.74 Å². The van der Waals surface area contributed by atoms with Crippen molar-refractivity contribution in [3.8, 4) is 5.75 Å². The number of halogens is 1. The van der Waals surface area contributed by atoms with E-state index in [0.717, 1.165) is 38.3 Å². The molecule has 0 aliphatic carbocycles. The van der Waals surface area contributed by atoms with Crippen LogP contribution in [0.1, 0.15) is 11.1 Å². The van der Waals surface area contributed by atoms with Gasteiger partial charge in [-0.25, -0.2) is 0 Å². The van der Waals surface area contributed by atoms with Crippen molar-refractivity contribution in [2.45, 2.75) is 12.8 Å². The molecule has 1 aliphatic heterocycles. The summed E-state index contributed by atoms with van der Waals surface area (Å²) in [6.07, 6.45) is 2.19. The van der Waals surface area contributed by atoms with Crippen LogP contribution in [0.3, 0.4) is 0 Å². The molecule has 0 radical (unpaired) electrons. The van der Waals surface area contributed by atoms with Crippen LogP contribution in [-0.2, 0) is 12.8 Å². The quantitative estimate of drug-likeness (QED) is 0.511. The molecule has 2 nitrogen and oxygen atoms in total. The number of rotatable bonds is 5. The van der Waals surface area contributed by atoms with Crippen LogP contribution in [0.15, 0.2) is 18.2 Å². The average molecular weight is 317 g/mol. The third-order valence-corrected chi connectivity index (χ3v) is 3.15. The van der Waals surface area contributed by atoms with Crippen molar-refractivity contribution in [1.29, 1.82) is 0 Å². The summed E-state index contributed by atoms with van der Waals surface area (Å²) in [5, 5.41) is 3.41. The summed E-state index contributed by atoms with van der Waals surface area (Å²) in [6, 6.07) is 6.57. The van der Waals surface area contributed by atoms with E-state index >= 15 is 0 Å². The maximum absolute atomic E-state index is 5.48.